The second-order valence-corrected chi connectivity index (χ2v) is 5.38. The standard InChI is InChI=1S/C13H14N6O2S/c1-17-12(15-16-13(17)22)10-7-14-18(2)11(10)8-4-3-5-9(6-8)19(20)21/h3-7,13,16,22H,1-2H3. The van der Waals surface area contributed by atoms with E-state index in [1.165, 1.54) is 12.1 Å². The van der Waals surface area contributed by atoms with E-state index in [-0.39, 0.29) is 11.2 Å². The zero-order chi connectivity index (χ0) is 15.9. The van der Waals surface area contributed by atoms with Crippen molar-refractivity contribution in [2.75, 3.05) is 7.05 Å². The summed E-state index contributed by atoms with van der Waals surface area (Å²) < 4.78 is 1.68. The van der Waals surface area contributed by atoms with E-state index in [1.54, 1.807) is 24.0 Å². The summed E-state index contributed by atoms with van der Waals surface area (Å²) in [6.45, 7) is 0. The molecule has 0 spiro atoms. The number of nitro benzene ring substituents is 1. The maximum absolute atomic E-state index is 11.0. The Morgan fingerprint density at radius 2 is 2.18 bits per heavy atom. The van der Waals surface area contributed by atoms with Crippen LogP contribution in [0, 0.1) is 10.1 Å². The molecule has 0 amide bonds. The van der Waals surface area contributed by atoms with Crippen molar-refractivity contribution in [1.82, 2.24) is 20.1 Å². The maximum atomic E-state index is 11.0. The van der Waals surface area contributed by atoms with Crippen LogP contribution in [0.4, 0.5) is 5.69 Å². The molecule has 3 rings (SSSR count). The first-order chi connectivity index (χ1) is 10.5. The monoisotopic (exact) mass is 318 g/mol. The fourth-order valence-corrected chi connectivity index (χ4v) is 2.53. The Morgan fingerprint density at radius 1 is 1.41 bits per heavy atom. The number of hydrogen-bond acceptors (Lipinski definition) is 7. The summed E-state index contributed by atoms with van der Waals surface area (Å²) in [6.07, 6.45) is 1.69. The van der Waals surface area contributed by atoms with Crippen LogP contribution in [-0.4, -0.2) is 38.0 Å². The molecule has 0 fully saturated rings. The van der Waals surface area contributed by atoms with Crippen LogP contribution in [0.15, 0.2) is 35.6 Å². The molecule has 0 saturated carbocycles. The number of nitrogens with zero attached hydrogens (tertiary/aromatic N) is 5. The maximum Gasteiger partial charge on any atom is 0.270 e. The van der Waals surface area contributed by atoms with Crippen molar-refractivity contribution < 1.29 is 4.92 Å². The quantitative estimate of drug-likeness (QED) is 0.507. The summed E-state index contributed by atoms with van der Waals surface area (Å²) >= 11 is 4.35. The third-order valence-electron chi connectivity index (χ3n) is 3.50. The number of hydrogen-bond donors (Lipinski definition) is 2. The minimum atomic E-state index is -0.413. The lowest BCUT2D eigenvalue weighted by atomic mass is 10.1. The van der Waals surface area contributed by atoms with E-state index in [0.29, 0.717) is 11.4 Å². The molecule has 1 atom stereocenters. The van der Waals surface area contributed by atoms with Gasteiger partial charge in [0.1, 0.15) is 0 Å². The number of aromatic nitrogens is 2. The Hall–Kier alpha value is -2.55. The Bertz CT molecular complexity index is 772. The molecule has 0 saturated heterocycles. The first kappa shape index (κ1) is 14.4. The highest BCUT2D eigenvalue weighted by atomic mass is 32.1. The van der Waals surface area contributed by atoms with E-state index >= 15 is 0 Å². The molecule has 22 heavy (non-hydrogen) atoms. The number of benzene rings is 1. The molecular weight excluding hydrogens is 304 g/mol. The van der Waals surface area contributed by atoms with Gasteiger partial charge in [-0.1, -0.05) is 12.1 Å². The van der Waals surface area contributed by atoms with E-state index in [1.807, 2.05) is 18.0 Å². The number of thiol groups is 1. The van der Waals surface area contributed by atoms with Crippen LogP contribution >= 0.6 is 12.6 Å². The summed E-state index contributed by atoms with van der Waals surface area (Å²) in [7, 11) is 3.65. The molecule has 1 aliphatic heterocycles. The lowest BCUT2D eigenvalue weighted by molar-refractivity contribution is -0.384. The van der Waals surface area contributed by atoms with Crippen LogP contribution in [0.3, 0.4) is 0 Å². The third kappa shape index (κ3) is 2.29. The molecule has 2 aromatic rings. The van der Waals surface area contributed by atoms with E-state index in [0.717, 1.165) is 11.3 Å². The van der Waals surface area contributed by atoms with Gasteiger partial charge in [0.15, 0.2) is 11.3 Å². The lowest BCUT2D eigenvalue weighted by Gasteiger charge is -2.18. The third-order valence-corrected chi connectivity index (χ3v) is 3.96. The van der Waals surface area contributed by atoms with Crippen molar-refractivity contribution in [3.8, 4) is 11.3 Å². The van der Waals surface area contributed by atoms with Crippen molar-refractivity contribution in [2.24, 2.45) is 12.1 Å². The number of non-ortho nitro benzene ring substituents is 1. The Labute approximate surface area is 132 Å². The van der Waals surface area contributed by atoms with Gasteiger partial charge in [-0.15, -0.1) is 12.6 Å². The van der Waals surface area contributed by atoms with Crippen molar-refractivity contribution in [3.63, 3.8) is 0 Å². The van der Waals surface area contributed by atoms with Gasteiger partial charge in [0, 0.05) is 31.8 Å². The van der Waals surface area contributed by atoms with E-state index in [2.05, 4.69) is 28.3 Å². The Balaban J connectivity index is 2.11. The van der Waals surface area contributed by atoms with Gasteiger partial charge in [-0.05, 0) is 0 Å². The van der Waals surface area contributed by atoms with Gasteiger partial charge in [-0.2, -0.15) is 10.2 Å². The number of rotatable bonds is 3. The second-order valence-electron chi connectivity index (χ2n) is 4.89. The average molecular weight is 318 g/mol. The van der Waals surface area contributed by atoms with Crippen LogP contribution < -0.4 is 5.43 Å². The molecule has 1 unspecified atom stereocenters. The van der Waals surface area contributed by atoms with Crippen molar-refractivity contribution >= 4 is 24.2 Å². The first-order valence-electron chi connectivity index (χ1n) is 6.50. The van der Waals surface area contributed by atoms with Gasteiger partial charge in [0.25, 0.3) is 5.69 Å². The van der Waals surface area contributed by atoms with Crippen molar-refractivity contribution in [1.29, 1.82) is 0 Å². The first-order valence-corrected chi connectivity index (χ1v) is 7.02. The van der Waals surface area contributed by atoms with Crippen molar-refractivity contribution in [3.05, 3.63) is 46.1 Å². The lowest BCUT2D eigenvalue weighted by Crippen LogP contribution is -2.32. The van der Waals surface area contributed by atoms with Crippen LogP contribution in [-0.2, 0) is 7.05 Å². The fourth-order valence-electron chi connectivity index (χ4n) is 2.36. The molecule has 1 aromatic heterocycles. The average Bonchev–Trinajstić information content (AvgIpc) is 3.03. The van der Waals surface area contributed by atoms with Crippen molar-refractivity contribution in [2.45, 2.75) is 5.50 Å². The molecule has 1 aromatic carbocycles. The summed E-state index contributed by atoms with van der Waals surface area (Å²) in [5.41, 5.74) is 4.95. The zero-order valence-corrected chi connectivity index (χ0v) is 12.9. The largest absolute Gasteiger partial charge is 0.328 e. The highest BCUT2D eigenvalue weighted by molar-refractivity contribution is 7.80. The van der Waals surface area contributed by atoms with E-state index in [9.17, 15) is 10.1 Å². The smallest absolute Gasteiger partial charge is 0.270 e. The number of nitro groups is 1. The molecule has 1 aliphatic rings. The van der Waals surface area contributed by atoms with Gasteiger partial charge >= 0.3 is 0 Å². The van der Waals surface area contributed by atoms with Gasteiger partial charge in [0.05, 0.1) is 22.4 Å². The molecule has 0 bridgehead atoms. The summed E-state index contributed by atoms with van der Waals surface area (Å²) in [5, 5.41) is 19.5. The molecule has 114 valence electrons. The highest BCUT2D eigenvalue weighted by Gasteiger charge is 2.27. The van der Waals surface area contributed by atoms with Gasteiger partial charge in [-0.3, -0.25) is 20.2 Å². The molecule has 0 radical (unpaired) electrons. The van der Waals surface area contributed by atoms with Gasteiger partial charge < -0.3 is 4.90 Å². The number of amidine groups is 1. The number of hydrazone groups is 1. The SMILES string of the molecule is CN1C(c2cnn(C)c2-c2cccc([N+](=O)[O-])c2)=NNC1S. The molecule has 1 N–H and O–H groups in total. The minimum Gasteiger partial charge on any atom is -0.328 e. The molecular formula is C13H14N6O2S. The van der Waals surface area contributed by atoms with Gasteiger partial charge in [-0.25, -0.2) is 0 Å². The minimum absolute atomic E-state index is 0.0385. The zero-order valence-electron chi connectivity index (χ0n) is 12.0. The summed E-state index contributed by atoms with van der Waals surface area (Å²) in [6, 6.07) is 6.46. The second kappa shape index (κ2) is 5.34. The highest BCUT2D eigenvalue weighted by Crippen LogP contribution is 2.28. The summed E-state index contributed by atoms with van der Waals surface area (Å²) in [5.74, 6) is 0.689. The topological polar surface area (TPSA) is 88.6 Å². The summed E-state index contributed by atoms with van der Waals surface area (Å²) in [4.78, 5) is 12.4. The predicted molar refractivity (Wildman–Crippen MR) is 85.5 cm³/mol. The predicted octanol–water partition coefficient (Wildman–Crippen LogP) is 1.41. The Kier molecular flexibility index (Phi) is 3.49. The van der Waals surface area contributed by atoms with E-state index < -0.39 is 4.92 Å². The van der Waals surface area contributed by atoms with Gasteiger partial charge in [0.2, 0.25) is 0 Å². The van der Waals surface area contributed by atoms with E-state index in [4.69, 9.17) is 0 Å². The van der Waals surface area contributed by atoms with Crippen LogP contribution in [0.2, 0.25) is 0 Å². The number of nitrogens with one attached hydrogen (secondary N) is 1. The Morgan fingerprint density at radius 3 is 2.82 bits per heavy atom. The van der Waals surface area contributed by atoms with Crippen LogP contribution in [0.5, 0.6) is 0 Å². The molecule has 9 heteroatoms. The normalized spacial score (nSPS) is 17.3. The molecule has 8 nitrogen and oxygen atoms in total. The van der Waals surface area contributed by atoms with Crippen LogP contribution in [0.1, 0.15) is 5.56 Å². The molecule has 2 heterocycles. The van der Waals surface area contributed by atoms with Crippen LogP contribution in [0.25, 0.3) is 11.3 Å². The molecule has 0 aliphatic carbocycles. The number of aryl methyl sites for hydroxylation is 1. The fraction of sp³-hybridized carbons (Fsp3) is 0.231.